The molecule has 0 N–H and O–H groups in total. The van der Waals surface area contributed by atoms with Crippen LogP contribution in [0.1, 0.15) is 60.8 Å². The summed E-state index contributed by atoms with van der Waals surface area (Å²) in [5.41, 5.74) is 0.765. The molecule has 168 valence electrons. The summed E-state index contributed by atoms with van der Waals surface area (Å²) in [7, 11) is 1.31. The Kier molecular flexibility index (Phi) is 7.37. The van der Waals surface area contributed by atoms with Crippen LogP contribution in [0.15, 0.2) is 23.5 Å². The molecule has 2 rings (SSSR count). The average Bonchev–Trinajstić information content (AvgIpc) is 3.01. The van der Waals surface area contributed by atoms with Crippen molar-refractivity contribution < 1.29 is 33.3 Å². The first-order valence-electron chi connectivity index (χ1n) is 10.3. The van der Waals surface area contributed by atoms with Gasteiger partial charge in [-0.1, -0.05) is 47.6 Å². The summed E-state index contributed by atoms with van der Waals surface area (Å²) in [6, 6.07) is 0. The number of rotatable bonds is 6. The topological polar surface area (TPSA) is 88.1 Å². The van der Waals surface area contributed by atoms with Crippen LogP contribution in [0.3, 0.4) is 0 Å². The van der Waals surface area contributed by atoms with E-state index >= 15 is 0 Å². The molecule has 7 nitrogen and oxygen atoms in total. The van der Waals surface area contributed by atoms with Crippen molar-refractivity contribution in [2.45, 2.75) is 67.1 Å². The van der Waals surface area contributed by atoms with Crippen LogP contribution in [0.25, 0.3) is 0 Å². The van der Waals surface area contributed by atoms with E-state index in [1.807, 2.05) is 47.6 Å². The Balaban J connectivity index is 2.15. The van der Waals surface area contributed by atoms with Crippen LogP contribution in [0.5, 0.6) is 0 Å². The van der Waals surface area contributed by atoms with Crippen molar-refractivity contribution in [3.8, 4) is 0 Å². The molecule has 0 aromatic carbocycles. The van der Waals surface area contributed by atoms with Crippen molar-refractivity contribution in [3.05, 3.63) is 23.5 Å². The summed E-state index contributed by atoms with van der Waals surface area (Å²) in [5.74, 6) is -1.82. The van der Waals surface area contributed by atoms with E-state index < -0.39 is 18.2 Å². The molecule has 0 fully saturated rings. The predicted octanol–water partition coefficient (Wildman–Crippen LogP) is 3.92. The van der Waals surface area contributed by atoms with Crippen LogP contribution in [0.4, 0.5) is 0 Å². The molecule has 0 bridgehead atoms. The second-order valence-electron chi connectivity index (χ2n) is 10.3. The maximum absolute atomic E-state index is 12.4. The number of fused-ring (bicyclic) bond motifs is 1. The minimum Gasteiger partial charge on any atom is -0.466 e. The van der Waals surface area contributed by atoms with Gasteiger partial charge in [0.05, 0.1) is 37.7 Å². The lowest BCUT2D eigenvalue weighted by atomic mass is 9.83. The maximum Gasteiger partial charge on any atom is 0.337 e. The van der Waals surface area contributed by atoms with E-state index in [-0.39, 0.29) is 41.7 Å². The third kappa shape index (κ3) is 6.61. The first-order chi connectivity index (χ1) is 13.8. The number of carbonyl (C=O) groups is 3. The molecule has 0 amide bonds. The van der Waals surface area contributed by atoms with E-state index in [4.69, 9.17) is 18.9 Å². The van der Waals surface area contributed by atoms with E-state index in [9.17, 15) is 14.4 Å². The van der Waals surface area contributed by atoms with E-state index in [0.717, 1.165) is 5.57 Å². The second-order valence-corrected chi connectivity index (χ2v) is 10.3. The average molecular weight is 423 g/mol. The van der Waals surface area contributed by atoms with Gasteiger partial charge in [-0.05, 0) is 22.8 Å². The van der Waals surface area contributed by atoms with Crippen molar-refractivity contribution in [2.24, 2.45) is 22.7 Å². The smallest absolute Gasteiger partial charge is 0.337 e. The van der Waals surface area contributed by atoms with Gasteiger partial charge in [0.15, 0.2) is 0 Å². The van der Waals surface area contributed by atoms with E-state index in [0.29, 0.717) is 18.4 Å². The molecule has 2 aliphatic rings. The standard InChI is InChI=1S/C23H34O7/c1-22(2,3)10-17(24)28-12-14-8-9-15-16(20(26)27-7)13-29-21(19(14)15)30-18(25)11-23(4,5)6/h8,13,15,19,21H,9-12H2,1-7H3. The summed E-state index contributed by atoms with van der Waals surface area (Å²) < 4.78 is 21.6. The van der Waals surface area contributed by atoms with Crippen LogP contribution < -0.4 is 0 Å². The van der Waals surface area contributed by atoms with Crippen molar-refractivity contribution in [2.75, 3.05) is 13.7 Å². The number of allylic oxidation sites excluding steroid dienone is 1. The largest absolute Gasteiger partial charge is 0.466 e. The molecule has 0 radical (unpaired) electrons. The fourth-order valence-corrected chi connectivity index (χ4v) is 3.64. The molecule has 0 aromatic rings. The van der Waals surface area contributed by atoms with Crippen LogP contribution in [0.2, 0.25) is 0 Å². The molecule has 1 aliphatic heterocycles. The lowest BCUT2D eigenvalue weighted by molar-refractivity contribution is -0.184. The van der Waals surface area contributed by atoms with Crippen LogP contribution in [-0.2, 0) is 33.3 Å². The van der Waals surface area contributed by atoms with Crippen LogP contribution in [-0.4, -0.2) is 37.9 Å². The quantitative estimate of drug-likeness (QED) is 0.364. The van der Waals surface area contributed by atoms with Gasteiger partial charge in [0.1, 0.15) is 6.61 Å². The SMILES string of the molecule is COC(=O)C1=COC(OC(=O)CC(C)(C)C)C2C(COC(=O)CC(C)(C)C)=CCC12. The Morgan fingerprint density at radius 2 is 1.63 bits per heavy atom. The molecule has 30 heavy (non-hydrogen) atoms. The van der Waals surface area contributed by atoms with Gasteiger partial charge >= 0.3 is 17.9 Å². The molecule has 0 spiro atoms. The molecule has 3 unspecified atom stereocenters. The molecule has 1 aliphatic carbocycles. The summed E-state index contributed by atoms with van der Waals surface area (Å²) in [5, 5.41) is 0. The van der Waals surface area contributed by atoms with Gasteiger partial charge in [-0.25, -0.2) is 4.79 Å². The number of ether oxygens (including phenoxy) is 4. The van der Waals surface area contributed by atoms with Gasteiger partial charge in [0.25, 0.3) is 6.29 Å². The Morgan fingerprint density at radius 1 is 1.03 bits per heavy atom. The fourth-order valence-electron chi connectivity index (χ4n) is 3.64. The van der Waals surface area contributed by atoms with Gasteiger partial charge in [0.2, 0.25) is 0 Å². The Bertz CT molecular complexity index is 734. The molecular formula is C23H34O7. The maximum atomic E-state index is 12.4. The fraction of sp³-hybridized carbons (Fsp3) is 0.696. The highest BCUT2D eigenvalue weighted by molar-refractivity contribution is 5.89. The summed E-state index contributed by atoms with van der Waals surface area (Å²) in [6.45, 7) is 11.8. The first kappa shape index (κ1) is 24.0. The lowest BCUT2D eigenvalue weighted by Gasteiger charge is -2.34. The van der Waals surface area contributed by atoms with Crippen molar-refractivity contribution >= 4 is 17.9 Å². The van der Waals surface area contributed by atoms with E-state index in [2.05, 4.69) is 0 Å². The number of methoxy groups -OCH3 is 1. The van der Waals surface area contributed by atoms with Gasteiger partial charge in [-0.3, -0.25) is 9.59 Å². The van der Waals surface area contributed by atoms with Gasteiger partial charge in [-0.2, -0.15) is 0 Å². The third-order valence-electron chi connectivity index (χ3n) is 4.94. The zero-order valence-electron chi connectivity index (χ0n) is 19.1. The summed E-state index contributed by atoms with van der Waals surface area (Å²) in [6.07, 6.45) is 3.45. The molecular weight excluding hydrogens is 388 g/mol. The minimum absolute atomic E-state index is 0.0706. The Hall–Kier alpha value is -2.31. The highest BCUT2D eigenvalue weighted by atomic mass is 16.7. The summed E-state index contributed by atoms with van der Waals surface area (Å²) in [4.78, 5) is 36.7. The van der Waals surface area contributed by atoms with E-state index in [1.54, 1.807) is 0 Å². The van der Waals surface area contributed by atoms with Crippen molar-refractivity contribution in [3.63, 3.8) is 0 Å². The zero-order valence-corrected chi connectivity index (χ0v) is 19.1. The number of carbonyl (C=O) groups excluding carboxylic acids is 3. The van der Waals surface area contributed by atoms with Crippen molar-refractivity contribution in [1.82, 2.24) is 0 Å². The monoisotopic (exact) mass is 422 g/mol. The minimum atomic E-state index is -0.881. The third-order valence-corrected chi connectivity index (χ3v) is 4.94. The molecule has 0 saturated carbocycles. The Labute approximate surface area is 178 Å². The molecule has 7 heteroatoms. The molecule has 0 saturated heterocycles. The van der Waals surface area contributed by atoms with E-state index in [1.165, 1.54) is 13.4 Å². The van der Waals surface area contributed by atoms with Crippen molar-refractivity contribution in [1.29, 1.82) is 0 Å². The molecule has 1 heterocycles. The zero-order chi connectivity index (χ0) is 22.7. The van der Waals surface area contributed by atoms with Gasteiger partial charge in [0, 0.05) is 5.92 Å². The second kappa shape index (κ2) is 9.23. The number of hydrogen-bond donors (Lipinski definition) is 0. The first-order valence-corrected chi connectivity index (χ1v) is 10.3. The number of esters is 3. The normalized spacial score (nSPS) is 23.5. The van der Waals surface area contributed by atoms with Crippen LogP contribution in [0, 0.1) is 22.7 Å². The predicted molar refractivity (Wildman–Crippen MR) is 110 cm³/mol. The highest BCUT2D eigenvalue weighted by Crippen LogP contribution is 2.44. The highest BCUT2D eigenvalue weighted by Gasteiger charge is 2.46. The summed E-state index contributed by atoms with van der Waals surface area (Å²) >= 11 is 0. The molecule has 3 atom stereocenters. The number of hydrogen-bond acceptors (Lipinski definition) is 7. The van der Waals surface area contributed by atoms with Gasteiger partial charge < -0.3 is 18.9 Å². The molecule has 0 aromatic heterocycles. The Morgan fingerprint density at radius 3 is 2.20 bits per heavy atom. The van der Waals surface area contributed by atoms with Crippen LogP contribution >= 0.6 is 0 Å². The van der Waals surface area contributed by atoms with Gasteiger partial charge in [-0.15, -0.1) is 0 Å². The lowest BCUT2D eigenvalue weighted by Crippen LogP contribution is -2.39.